The first-order valence-electron chi connectivity index (χ1n) is 19.0. The Kier molecular flexibility index (Phi) is 14.6. The van der Waals surface area contributed by atoms with Crippen LogP contribution in [0.4, 0.5) is 10.1 Å². The van der Waals surface area contributed by atoms with Gasteiger partial charge in [0.15, 0.2) is 0 Å². The normalized spacial score (nSPS) is 23.2. The number of esters is 1. The van der Waals surface area contributed by atoms with E-state index in [0.29, 0.717) is 62.3 Å². The molecule has 3 saturated heterocycles. The second-order valence-corrected chi connectivity index (χ2v) is 15.5. The number of carbonyl (C=O) groups excluding carboxylic acids is 5. The van der Waals surface area contributed by atoms with Crippen molar-refractivity contribution in [1.82, 2.24) is 15.5 Å². The van der Waals surface area contributed by atoms with Crippen LogP contribution in [-0.4, -0.2) is 84.5 Å². The maximum absolute atomic E-state index is 14.1. The lowest BCUT2D eigenvalue weighted by Crippen LogP contribution is -2.57. The summed E-state index contributed by atoms with van der Waals surface area (Å²) < 4.78 is 24.4. The van der Waals surface area contributed by atoms with Gasteiger partial charge in [0.25, 0.3) is 0 Å². The van der Waals surface area contributed by atoms with Gasteiger partial charge in [-0.1, -0.05) is 37.6 Å². The van der Waals surface area contributed by atoms with Crippen molar-refractivity contribution < 1.29 is 40.7 Å². The molecule has 2 aromatic carbocycles. The first kappa shape index (κ1) is 40.1. The van der Waals surface area contributed by atoms with Crippen LogP contribution in [0.5, 0.6) is 5.75 Å². The summed E-state index contributed by atoms with van der Waals surface area (Å²) in [5.41, 5.74) is 1.43. The quantitative estimate of drug-likeness (QED) is 0.228. The molecule has 2 aromatic rings. The molecule has 0 aliphatic carbocycles. The zero-order valence-corrected chi connectivity index (χ0v) is 31.8. The Morgan fingerprint density at radius 2 is 1.57 bits per heavy atom. The van der Waals surface area contributed by atoms with Crippen molar-refractivity contribution >= 4 is 47.0 Å². The topological polar surface area (TPSA) is 134 Å². The Bertz CT molecular complexity index is 1610. The average Bonchev–Trinajstić information content (AvgIpc) is 3.45. The van der Waals surface area contributed by atoms with Crippen molar-refractivity contribution in [3.63, 3.8) is 0 Å². The van der Waals surface area contributed by atoms with E-state index in [4.69, 9.17) is 9.47 Å². The monoisotopic (exact) mass is 756 g/mol. The highest BCUT2D eigenvalue weighted by molar-refractivity contribution is 7.99. The van der Waals surface area contributed by atoms with Gasteiger partial charge in [0.2, 0.25) is 23.6 Å². The smallest absolute Gasteiger partial charge is 0.328 e. The minimum atomic E-state index is -0.817. The number of anilines is 1. The Morgan fingerprint density at radius 1 is 0.868 bits per heavy atom. The zero-order valence-electron chi connectivity index (χ0n) is 31.0. The number of nitrogens with one attached hydrogen (secondary N) is 2. The van der Waals surface area contributed by atoms with Crippen molar-refractivity contribution in [3.8, 4) is 5.75 Å². The van der Waals surface area contributed by atoms with Gasteiger partial charge in [-0.2, -0.15) is 0 Å². The number of hydrogen-bond donors (Lipinski definition) is 2. The predicted octanol–water partition coefficient (Wildman–Crippen LogP) is 5.89. The Morgan fingerprint density at radius 3 is 2.28 bits per heavy atom. The van der Waals surface area contributed by atoms with Gasteiger partial charge in [-0.3, -0.25) is 19.2 Å². The third-order valence-corrected chi connectivity index (χ3v) is 12.0. The molecule has 292 valence electrons. The molecule has 0 spiro atoms. The Balaban J connectivity index is 0.00000406. The minimum Gasteiger partial charge on any atom is -0.495 e. The van der Waals surface area contributed by atoms with Gasteiger partial charge in [0.1, 0.15) is 29.7 Å². The molecule has 5 rings (SSSR count). The van der Waals surface area contributed by atoms with Gasteiger partial charge in [0, 0.05) is 21.2 Å². The fraction of sp³-hybridized carbons (Fsp3) is 0.575. The average molecular weight is 757 g/mol. The first-order chi connectivity index (χ1) is 25.6. The predicted molar refractivity (Wildman–Crippen MR) is 206 cm³/mol. The van der Waals surface area contributed by atoms with Crippen molar-refractivity contribution in [2.24, 2.45) is 11.8 Å². The van der Waals surface area contributed by atoms with E-state index in [1.54, 1.807) is 40.8 Å². The number of benzene rings is 2. The van der Waals surface area contributed by atoms with E-state index in [0.717, 1.165) is 37.7 Å². The highest BCUT2D eigenvalue weighted by Gasteiger charge is 2.44. The van der Waals surface area contributed by atoms with E-state index < -0.39 is 35.9 Å². The van der Waals surface area contributed by atoms with Crippen molar-refractivity contribution in [2.75, 3.05) is 31.4 Å². The van der Waals surface area contributed by atoms with Crippen LogP contribution in [0.1, 0.15) is 86.0 Å². The summed E-state index contributed by atoms with van der Waals surface area (Å²) in [6.45, 7) is 2.52. The second-order valence-electron chi connectivity index (χ2n) is 14.2. The molecule has 0 saturated carbocycles. The molecule has 53 heavy (non-hydrogen) atoms. The summed E-state index contributed by atoms with van der Waals surface area (Å²) in [6.07, 6.45) is 6.88. The summed E-state index contributed by atoms with van der Waals surface area (Å²) in [4.78, 5) is 71.8. The van der Waals surface area contributed by atoms with E-state index in [-0.39, 0.29) is 44.1 Å². The van der Waals surface area contributed by atoms with Gasteiger partial charge in [0.05, 0.1) is 25.3 Å². The number of thioether (sulfide) groups is 1. The van der Waals surface area contributed by atoms with Crippen LogP contribution in [0.3, 0.4) is 0 Å². The molecule has 2 N–H and O–H groups in total. The van der Waals surface area contributed by atoms with Crippen LogP contribution in [0, 0.1) is 17.7 Å². The van der Waals surface area contributed by atoms with Gasteiger partial charge in [-0.15, -0.1) is 11.8 Å². The van der Waals surface area contributed by atoms with E-state index in [2.05, 4.69) is 10.6 Å². The highest BCUT2D eigenvalue weighted by Crippen LogP contribution is 2.35. The number of hydrogen-bond acceptors (Lipinski definition) is 8. The number of halogens is 1. The fourth-order valence-corrected chi connectivity index (χ4v) is 9.17. The third kappa shape index (κ3) is 10.1. The molecule has 3 aliphatic rings. The van der Waals surface area contributed by atoms with Gasteiger partial charge in [-0.25, -0.2) is 9.18 Å². The van der Waals surface area contributed by atoms with E-state index in [1.165, 1.54) is 19.2 Å². The standard InChI is InChI=1S/C40H53FN4O7S.2H2/c1-4-10-27(36(46)42-30-11-7-8-23-44(38(30)48)32-12-5-6-14-34(32)51-2)18-19-28(25-26-16-20-29(41)21-17-26)37(47)43-31-22-24-53-35-15-9-13-33(40(50)52-3)45(35)39(31)49;;/h5-6,12,14,16-17,20-21,27-28,30-31,33,35H,4,7-11,13,15,18-19,22-25H2,1-3H3,(H,42,46)(H,43,47);2*1H/t27-,28+,30-,31-,33-,35-;;/m0../s1. The lowest BCUT2D eigenvalue weighted by Gasteiger charge is -2.40. The maximum atomic E-state index is 14.1. The summed E-state index contributed by atoms with van der Waals surface area (Å²) in [5.74, 6) is -1.71. The molecule has 3 heterocycles. The molecule has 13 heteroatoms. The SMILES string of the molecule is CCC[C@@H](CC[C@H](Cc1ccc(F)cc1)C(=O)N[C@H]1CCS[C@H]2CCC[C@@H](C(=O)OC)N2C1=O)C(=O)N[C@H]1CCCCN(c2ccccc2OC)C1=O.[HH].[HH]. The first-order valence-corrected chi connectivity index (χ1v) is 20.0. The van der Waals surface area contributed by atoms with E-state index >= 15 is 0 Å². The van der Waals surface area contributed by atoms with Crippen molar-refractivity contribution in [2.45, 2.75) is 107 Å². The van der Waals surface area contributed by atoms with Crippen molar-refractivity contribution in [3.05, 3.63) is 59.9 Å². The summed E-state index contributed by atoms with van der Waals surface area (Å²) >= 11 is 1.62. The molecule has 0 unspecified atom stereocenters. The zero-order chi connectivity index (χ0) is 37.9. The van der Waals surface area contributed by atoms with Crippen LogP contribution in [0.25, 0.3) is 0 Å². The van der Waals surface area contributed by atoms with Crippen LogP contribution < -0.4 is 20.3 Å². The van der Waals surface area contributed by atoms with Crippen LogP contribution in [-0.2, 0) is 35.1 Å². The lowest BCUT2D eigenvalue weighted by molar-refractivity contribution is -0.156. The highest BCUT2D eigenvalue weighted by atomic mass is 32.2. The largest absolute Gasteiger partial charge is 0.495 e. The molecule has 0 aromatic heterocycles. The number of nitrogens with zero attached hydrogens (tertiary/aromatic N) is 2. The third-order valence-electron chi connectivity index (χ3n) is 10.7. The molecule has 3 aliphatic heterocycles. The maximum Gasteiger partial charge on any atom is 0.328 e. The number of rotatable bonds is 14. The molecular formula is C40H57FN4O7S. The number of ether oxygens (including phenoxy) is 2. The van der Waals surface area contributed by atoms with Crippen LogP contribution in [0.15, 0.2) is 48.5 Å². The molecule has 11 nitrogen and oxygen atoms in total. The fourth-order valence-electron chi connectivity index (χ4n) is 7.78. The Labute approximate surface area is 319 Å². The van der Waals surface area contributed by atoms with Gasteiger partial charge < -0.3 is 29.9 Å². The van der Waals surface area contributed by atoms with Gasteiger partial charge >= 0.3 is 5.97 Å². The van der Waals surface area contributed by atoms with Gasteiger partial charge in [-0.05, 0) is 106 Å². The molecule has 3 fully saturated rings. The lowest BCUT2D eigenvalue weighted by atomic mass is 9.87. The molecular weight excluding hydrogens is 700 g/mol. The second kappa shape index (κ2) is 19.3. The van der Waals surface area contributed by atoms with Crippen LogP contribution >= 0.6 is 11.8 Å². The minimum absolute atomic E-state index is 0. The van der Waals surface area contributed by atoms with E-state index in [1.807, 2.05) is 31.2 Å². The van der Waals surface area contributed by atoms with Crippen LogP contribution in [0.2, 0.25) is 0 Å². The molecule has 0 bridgehead atoms. The number of amides is 4. The number of carbonyl (C=O) groups is 5. The number of fused-ring (bicyclic) bond motifs is 1. The molecule has 6 atom stereocenters. The number of piperidine rings is 1. The number of para-hydroxylation sites is 2. The summed E-state index contributed by atoms with van der Waals surface area (Å²) in [7, 11) is 2.88. The van der Waals surface area contributed by atoms with Crippen molar-refractivity contribution in [1.29, 1.82) is 0 Å². The Hall–Kier alpha value is -4.13. The number of methoxy groups -OCH3 is 2. The molecule has 4 amide bonds. The molecule has 0 radical (unpaired) electrons. The summed E-state index contributed by atoms with van der Waals surface area (Å²) in [6, 6.07) is 11.1. The summed E-state index contributed by atoms with van der Waals surface area (Å²) in [5, 5.41) is 5.91. The van der Waals surface area contributed by atoms with E-state index in [9.17, 15) is 28.4 Å².